The number of aryl methyl sites for hydroxylation is 2. The Hall–Kier alpha value is -2.71. The van der Waals surface area contributed by atoms with Crippen molar-refractivity contribution < 1.29 is 18.0 Å². The minimum atomic E-state index is -3.57. The van der Waals surface area contributed by atoms with Gasteiger partial charge in [0.2, 0.25) is 21.8 Å². The first-order valence-corrected chi connectivity index (χ1v) is 13.0. The van der Waals surface area contributed by atoms with Gasteiger partial charge in [0.1, 0.15) is 6.04 Å². The number of anilines is 1. The van der Waals surface area contributed by atoms with Crippen LogP contribution in [0.1, 0.15) is 37.3 Å². The summed E-state index contributed by atoms with van der Waals surface area (Å²) >= 11 is 0. The van der Waals surface area contributed by atoms with Crippen LogP contribution in [0.15, 0.2) is 53.4 Å². The van der Waals surface area contributed by atoms with Gasteiger partial charge in [0.25, 0.3) is 0 Å². The molecule has 2 aliphatic heterocycles. The van der Waals surface area contributed by atoms with Crippen LogP contribution in [-0.4, -0.2) is 50.2 Å². The third-order valence-electron chi connectivity index (χ3n) is 6.59. The van der Waals surface area contributed by atoms with Crippen LogP contribution < -0.4 is 10.2 Å². The summed E-state index contributed by atoms with van der Waals surface area (Å²) in [5.74, 6) is -0.609. The Labute approximate surface area is 195 Å². The van der Waals surface area contributed by atoms with E-state index in [2.05, 4.69) is 5.32 Å². The summed E-state index contributed by atoms with van der Waals surface area (Å²) in [4.78, 5) is 28.0. The first-order chi connectivity index (χ1) is 15.8. The molecule has 0 radical (unpaired) electrons. The molecule has 0 saturated carbocycles. The number of nitrogens with zero attached hydrogens (tertiary/aromatic N) is 2. The molecule has 1 fully saturated rings. The molecular weight excluding hydrogens is 438 g/mol. The predicted molar refractivity (Wildman–Crippen MR) is 127 cm³/mol. The fourth-order valence-electron chi connectivity index (χ4n) is 4.61. The van der Waals surface area contributed by atoms with Crippen molar-refractivity contribution in [1.82, 2.24) is 9.62 Å². The number of piperidine rings is 1. The number of sulfonamides is 1. The fourth-order valence-corrected chi connectivity index (χ4v) is 6.08. The second-order valence-electron chi connectivity index (χ2n) is 8.94. The van der Waals surface area contributed by atoms with Crippen molar-refractivity contribution in [2.24, 2.45) is 5.92 Å². The first kappa shape index (κ1) is 23.4. The molecule has 0 aliphatic carbocycles. The lowest BCUT2D eigenvalue weighted by molar-refractivity contribution is -0.130. The van der Waals surface area contributed by atoms with Gasteiger partial charge < -0.3 is 10.2 Å². The Morgan fingerprint density at radius 3 is 2.36 bits per heavy atom. The zero-order valence-corrected chi connectivity index (χ0v) is 20.0. The molecule has 4 rings (SSSR count). The van der Waals surface area contributed by atoms with E-state index in [4.69, 9.17) is 0 Å². The van der Waals surface area contributed by atoms with Crippen LogP contribution in [0.5, 0.6) is 0 Å². The standard InChI is InChI=1S/C25H31N3O4S/c1-18-9-11-22(12-10-18)33(31,32)27-16-13-21(14-17-27)24(29)26-19(2)25(30)28-15-5-7-20-6-3-4-8-23(20)28/h3-4,6,8-12,19,21H,5,7,13-17H2,1-2H3,(H,26,29)/t19-/m0/s1. The second-order valence-corrected chi connectivity index (χ2v) is 10.9. The maximum absolute atomic E-state index is 13.1. The minimum Gasteiger partial charge on any atom is -0.344 e. The molecule has 0 spiro atoms. The number of amides is 2. The number of hydrogen-bond acceptors (Lipinski definition) is 4. The quantitative estimate of drug-likeness (QED) is 0.730. The van der Waals surface area contributed by atoms with E-state index < -0.39 is 16.1 Å². The second kappa shape index (κ2) is 9.65. The molecular formula is C25H31N3O4S. The summed E-state index contributed by atoms with van der Waals surface area (Å²) in [6, 6.07) is 14.1. The number of rotatable bonds is 5. The van der Waals surface area contributed by atoms with Gasteiger partial charge in [-0.25, -0.2) is 8.42 Å². The highest BCUT2D eigenvalue weighted by Crippen LogP contribution is 2.28. The number of fused-ring (bicyclic) bond motifs is 1. The van der Waals surface area contributed by atoms with Crippen LogP contribution >= 0.6 is 0 Å². The van der Waals surface area contributed by atoms with E-state index in [0.717, 1.165) is 29.7 Å². The molecule has 1 atom stereocenters. The fraction of sp³-hybridized carbons (Fsp3) is 0.440. The third-order valence-corrected chi connectivity index (χ3v) is 8.50. The number of benzene rings is 2. The summed E-state index contributed by atoms with van der Waals surface area (Å²) in [6.45, 7) is 4.85. The van der Waals surface area contributed by atoms with Gasteiger partial charge in [0.05, 0.1) is 4.90 Å². The molecule has 0 unspecified atom stereocenters. The summed E-state index contributed by atoms with van der Waals surface area (Å²) in [5.41, 5.74) is 3.07. The summed E-state index contributed by atoms with van der Waals surface area (Å²) in [6.07, 6.45) is 2.72. The summed E-state index contributed by atoms with van der Waals surface area (Å²) in [7, 11) is -3.57. The Morgan fingerprint density at radius 1 is 1.00 bits per heavy atom. The molecule has 0 bridgehead atoms. The van der Waals surface area contributed by atoms with Gasteiger partial charge in [-0.1, -0.05) is 35.9 Å². The Morgan fingerprint density at radius 2 is 1.67 bits per heavy atom. The molecule has 1 N–H and O–H groups in total. The first-order valence-electron chi connectivity index (χ1n) is 11.5. The number of carbonyl (C=O) groups excluding carboxylic acids is 2. The summed E-state index contributed by atoms with van der Waals surface area (Å²) in [5, 5.41) is 2.87. The molecule has 2 aromatic rings. The maximum atomic E-state index is 13.1. The smallest absolute Gasteiger partial charge is 0.249 e. The Kier molecular flexibility index (Phi) is 6.86. The Balaban J connectivity index is 1.34. The average Bonchev–Trinajstić information content (AvgIpc) is 2.83. The van der Waals surface area contributed by atoms with Crippen molar-refractivity contribution in [3.05, 3.63) is 59.7 Å². The minimum absolute atomic E-state index is 0.116. The van der Waals surface area contributed by atoms with E-state index in [9.17, 15) is 18.0 Å². The van der Waals surface area contributed by atoms with Gasteiger partial charge in [0, 0.05) is 31.2 Å². The van der Waals surface area contributed by atoms with Crippen LogP contribution in [0, 0.1) is 12.8 Å². The van der Waals surface area contributed by atoms with Gasteiger partial charge in [0.15, 0.2) is 0 Å². The molecule has 2 heterocycles. The highest BCUT2D eigenvalue weighted by molar-refractivity contribution is 7.89. The monoisotopic (exact) mass is 469 g/mol. The van der Waals surface area contributed by atoms with Crippen molar-refractivity contribution in [3.8, 4) is 0 Å². The van der Waals surface area contributed by atoms with E-state index >= 15 is 0 Å². The van der Waals surface area contributed by atoms with Crippen molar-refractivity contribution in [3.63, 3.8) is 0 Å². The van der Waals surface area contributed by atoms with Crippen LogP contribution in [-0.2, 0) is 26.0 Å². The zero-order chi connectivity index (χ0) is 23.6. The molecule has 7 nitrogen and oxygen atoms in total. The molecule has 8 heteroatoms. The van der Waals surface area contributed by atoms with E-state index in [-0.39, 0.29) is 35.7 Å². The maximum Gasteiger partial charge on any atom is 0.249 e. The lowest BCUT2D eigenvalue weighted by Crippen LogP contribution is -2.51. The van der Waals surface area contributed by atoms with Gasteiger partial charge in [-0.2, -0.15) is 4.31 Å². The summed E-state index contributed by atoms with van der Waals surface area (Å²) < 4.78 is 27.2. The molecule has 33 heavy (non-hydrogen) atoms. The van der Waals surface area contributed by atoms with Crippen molar-refractivity contribution >= 4 is 27.5 Å². The molecule has 2 aromatic carbocycles. The van der Waals surface area contributed by atoms with E-state index in [1.165, 1.54) is 4.31 Å². The normalized spacial score (nSPS) is 18.4. The topological polar surface area (TPSA) is 86.8 Å². The van der Waals surface area contributed by atoms with E-state index in [0.29, 0.717) is 19.4 Å². The third kappa shape index (κ3) is 4.96. The number of hydrogen-bond donors (Lipinski definition) is 1. The molecule has 0 aromatic heterocycles. The lowest BCUT2D eigenvalue weighted by Gasteiger charge is -2.33. The van der Waals surface area contributed by atoms with Gasteiger partial charge in [-0.3, -0.25) is 9.59 Å². The molecule has 1 saturated heterocycles. The highest BCUT2D eigenvalue weighted by atomic mass is 32.2. The van der Waals surface area contributed by atoms with E-state index in [1.54, 1.807) is 36.1 Å². The van der Waals surface area contributed by atoms with Gasteiger partial charge in [-0.05, 0) is 63.3 Å². The number of carbonyl (C=O) groups is 2. The van der Waals surface area contributed by atoms with Gasteiger partial charge in [-0.15, -0.1) is 0 Å². The zero-order valence-electron chi connectivity index (χ0n) is 19.2. The van der Waals surface area contributed by atoms with Crippen molar-refractivity contribution in [2.45, 2.75) is 50.5 Å². The predicted octanol–water partition coefficient (Wildman–Crippen LogP) is 2.88. The number of para-hydroxylation sites is 1. The molecule has 176 valence electrons. The van der Waals surface area contributed by atoms with Crippen LogP contribution in [0.25, 0.3) is 0 Å². The Bertz CT molecular complexity index is 1120. The molecule has 2 amide bonds. The van der Waals surface area contributed by atoms with Crippen LogP contribution in [0.2, 0.25) is 0 Å². The van der Waals surface area contributed by atoms with Gasteiger partial charge >= 0.3 is 0 Å². The molecule has 2 aliphatic rings. The largest absolute Gasteiger partial charge is 0.344 e. The van der Waals surface area contributed by atoms with Crippen molar-refractivity contribution in [2.75, 3.05) is 24.5 Å². The average molecular weight is 470 g/mol. The van der Waals surface area contributed by atoms with Crippen LogP contribution in [0.3, 0.4) is 0 Å². The van der Waals surface area contributed by atoms with Crippen molar-refractivity contribution in [1.29, 1.82) is 0 Å². The lowest BCUT2D eigenvalue weighted by atomic mass is 9.96. The van der Waals surface area contributed by atoms with E-state index in [1.807, 2.05) is 31.2 Å². The SMILES string of the molecule is Cc1ccc(S(=O)(=O)N2CCC(C(=O)N[C@@H](C)C(=O)N3CCCc4ccccc43)CC2)cc1. The van der Waals surface area contributed by atoms with Crippen LogP contribution in [0.4, 0.5) is 5.69 Å². The highest BCUT2D eigenvalue weighted by Gasteiger charge is 2.34. The number of nitrogens with one attached hydrogen (secondary N) is 1.